The molecule has 0 aromatic heterocycles. The molecule has 0 nitrogen and oxygen atoms in total. The minimum absolute atomic E-state index is 0.930. The summed E-state index contributed by atoms with van der Waals surface area (Å²) in [6.45, 7) is 12.1. The van der Waals surface area contributed by atoms with Gasteiger partial charge in [0.05, 0.1) is 0 Å². The van der Waals surface area contributed by atoms with Gasteiger partial charge in [-0.05, 0) is 48.9 Å². The molecule has 18 heavy (non-hydrogen) atoms. The molecule has 1 aliphatic rings. The van der Waals surface area contributed by atoms with Crippen LogP contribution in [0.1, 0.15) is 86.0 Å². The lowest BCUT2D eigenvalue weighted by molar-refractivity contribution is 0.205. The topological polar surface area (TPSA) is 0 Å². The Morgan fingerprint density at radius 1 is 0.944 bits per heavy atom. The summed E-state index contributed by atoms with van der Waals surface area (Å²) in [6.07, 6.45) is 11.7. The molecule has 0 saturated heterocycles. The average molecular weight is 252 g/mol. The van der Waals surface area contributed by atoms with Crippen molar-refractivity contribution in [3.63, 3.8) is 0 Å². The number of hydrogen-bond donors (Lipinski definition) is 0. The van der Waals surface area contributed by atoms with Crippen molar-refractivity contribution >= 4 is 0 Å². The Balaban J connectivity index is 2.51. The molecule has 0 radical (unpaired) electrons. The highest BCUT2D eigenvalue weighted by Gasteiger charge is 2.31. The van der Waals surface area contributed by atoms with Gasteiger partial charge in [0.2, 0.25) is 0 Å². The van der Waals surface area contributed by atoms with Crippen molar-refractivity contribution in [1.29, 1.82) is 0 Å². The molecule has 5 atom stereocenters. The zero-order valence-electron chi connectivity index (χ0n) is 13.5. The van der Waals surface area contributed by atoms with Gasteiger partial charge in [0.15, 0.2) is 0 Å². The highest BCUT2D eigenvalue weighted by atomic mass is 14.4. The summed E-state index contributed by atoms with van der Waals surface area (Å²) in [6, 6.07) is 0. The molecule has 1 fully saturated rings. The Morgan fingerprint density at radius 2 is 1.61 bits per heavy atom. The lowest BCUT2D eigenvalue weighted by atomic mass is 9.76. The van der Waals surface area contributed by atoms with Crippen molar-refractivity contribution in [1.82, 2.24) is 0 Å². The second kappa shape index (κ2) is 8.23. The van der Waals surface area contributed by atoms with Gasteiger partial charge in [0, 0.05) is 0 Å². The van der Waals surface area contributed by atoms with Crippen molar-refractivity contribution in [2.45, 2.75) is 86.0 Å². The molecule has 0 aromatic rings. The molecule has 0 N–H and O–H groups in total. The first-order valence-corrected chi connectivity index (χ1v) is 8.58. The van der Waals surface area contributed by atoms with Crippen LogP contribution in [-0.4, -0.2) is 0 Å². The molecular formula is C18H36. The van der Waals surface area contributed by atoms with Crippen LogP contribution in [0.2, 0.25) is 0 Å². The maximum absolute atomic E-state index is 2.50. The average Bonchev–Trinajstić information content (AvgIpc) is 2.79. The van der Waals surface area contributed by atoms with Crippen LogP contribution >= 0.6 is 0 Å². The highest BCUT2D eigenvalue weighted by molar-refractivity contribution is 4.81. The first-order chi connectivity index (χ1) is 8.58. The third-order valence-electron chi connectivity index (χ3n) is 5.66. The predicted molar refractivity (Wildman–Crippen MR) is 82.8 cm³/mol. The van der Waals surface area contributed by atoms with E-state index in [1.807, 2.05) is 0 Å². The van der Waals surface area contributed by atoms with Crippen LogP contribution in [0.15, 0.2) is 0 Å². The maximum atomic E-state index is 2.50. The van der Waals surface area contributed by atoms with Crippen LogP contribution in [0.5, 0.6) is 0 Å². The molecule has 1 saturated carbocycles. The normalized spacial score (nSPS) is 29.2. The fourth-order valence-electron chi connectivity index (χ4n) is 3.77. The standard InChI is InChI=1S/C18H36/c1-6-14(3)11-12-17(13-15(4)7-2)18-10-8-9-16(18)5/h14-18H,6-13H2,1-5H3. The fraction of sp³-hybridized carbons (Fsp3) is 1.00. The van der Waals surface area contributed by atoms with Gasteiger partial charge in [-0.3, -0.25) is 0 Å². The Labute approximate surface area is 116 Å². The summed E-state index contributed by atoms with van der Waals surface area (Å²) >= 11 is 0. The minimum atomic E-state index is 0.930. The zero-order valence-corrected chi connectivity index (χ0v) is 13.5. The van der Waals surface area contributed by atoms with E-state index in [-0.39, 0.29) is 0 Å². The first-order valence-electron chi connectivity index (χ1n) is 8.58. The van der Waals surface area contributed by atoms with Gasteiger partial charge < -0.3 is 0 Å². The van der Waals surface area contributed by atoms with Crippen molar-refractivity contribution in [2.24, 2.45) is 29.6 Å². The predicted octanol–water partition coefficient (Wildman–Crippen LogP) is 6.30. The Bertz CT molecular complexity index is 208. The highest BCUT2D eigenvalue weighted by Crippen LogP contribution is 2.41. The van der Waals surface area contributed by atoms with E-state index in [0.29, 0.717) is 0 Å². The molecule has 108 valence electrons. The third-order valence-corrected chi connectivity index (χ3v) is 5.66. The summed E-state index contributed by atoms with van der Waals surface area (Å²) in [4.78, 5) is 0. The molecule has 0 bridgehead atoms. The van der Waals surface area contributed by atoms with E-state index in [1.54, 1.807) is 0 Å². The smallest absolute Gasteiger partial charge is 0.0360 e. The van der Waals surface area contributed by atoms with Crippen molar-refractivity contribution in [3.8, 4) is 0 Å². The monoisotopic (exact) mass is 252 g/mol. The molecule has 5 unspecified atom stereocenters. The van der Waals surface area contributed by atoms with Gasteiger partial charge in [-0.2, -0.15) is 0 Å². The van der Waals surface area contributed by atoms with E-state index in [1.165, 1.54) is 51.4 Å². The van der Waals surface area contributed by atoms with Crippen LogP contribution < -0.4 is 0 Å². The maximum Gasteiger partial charge on any atom is -0.0360 e. The molecular weight excluding hydrogens is 216 g/mol. The molecule has 1 rings (SSSR count). The van der Waals surface area contributed by atoms with Gasteiger partial charge in [-0.15, -0.1) is 0 Å². The SMILES string of the molecule is CCC(C)CCC(CC(C)CC)C1CCCC1C. The summed E-state index contributed by atoms with van der Waals surface area (Å²) in [5.74, 6) is 4.92. The Kier molecular flexibility index (Phi) is 7.34. The van der Waals surface area contributed by atoms with E-state index in [9.17, 15) is 0 Å². The van der Waals surface area contributed by atoms with E-state index < -0.39 is 0 Å². The van der Waals surface area contributed by atoms with Crippen LogP contribution in [0.25, 0.3) is 0 Å². The molecule has 0 aliphatic heterocycles. The third kappa shape index (κ3) is 4.94. The lowest BCUT2D eigenvalue weighted by Crippen LogP contribution is -2.20. The summed E-state index contributed by atoms with van der Waals surface area (Å²) in [5.41, 5.74) is 0. The van der Waals surface area contributed by atoms with Crippen LogP contribution in [0.3, 0.4) is 0 Å². The van der Waals surface area contributed by atoms with E-state index in [0.717, 1.165) is 29.6 Å². The quantitative estimate of drug-likeness (QED) is 0.475. The molecule has 0 amide bonds. The van der Waals surface area contributed by atoms with Crippen molar-refractivity contribution < 1.29 is 0 Å². The summed E-state index contributed by atoms with van der Waals surface area (Å²) < 4.78 is 0. The fourth-order valence-corrected chi connectivity index (χ4v) is 3.77. The Morgan fingerprint density at radius 3 is 2.11 bits per heavy atom. The van der Waals surface area contributed by atoms with Gasteiger partial charge in [0.25, 0.3) is 0 Å². The molecule has 0 aromatic carbocycles. The molecule has 0 heterocycles. The molecule has 1 aliphatic carbocycles. The van der Waals surface area contributed by atoms with Crippen molar-refractivity contribution in [2.75, 3.05) is 0 Å². The van der Waals surface area contributed by atoms with E-state index >= 15 is 0 Å². The lowest BCUT2D eigenvalue weighted by Gasteiger charge is -2.30. The van der Waals surface area contributed by atoms with E-state index in [2.05, 4.69) is 34.6 Å². The second-order valence-corrected chi connectivity index (χ2v) is 7.17. The molecule has 0 spiro atoms. The summed E-state index contributed by atoms with van der Waals surface area (Å²) in [7, 11) is 0. The number of hydrogen-bond acceptors (Lipinski definition) is 0. The van der Waals surface area contributed by atoms with Gasteiger partial charge >= 0.3 is 0 Å². The van der Waals surface area contributed by atoms with Crippen LogP contribution in [0, 0.1) is 29.6 Å². The largest absolute Gasteiger partial charge is 0.0651 e. The van der Waals surface area contributed by atoms with Crippen LogP contribution in [-0.2, 0) is 0 Å². The van der Waals surface area contributed by atoms with Crippen molar-refractivity contribution in [3.05, 3.63) is 0 Å². The van der Waals surface area contributed by atoms with Gasteiger partial charge in [-0.1, -0.05) is 66.7 Å². The van der Waals surface area contributed by atoms with Gasteiger partial charge in [0.1, 0.15) is 0 Å². The number of rotatable bonds is 8. The van der Waals surface area contributed by atoms with E-state index in [4.69, 9.17) is 0 Å². The molecule has 0 heteroatoms. The Hall–Kier alpha value is 0. The zero-order chi connectivity index (χ0) is 13.5. The first kappa shape index (κ1) is 16.1. The summed E-state index contributed by atoms with van der Waals surface area (Å²) in [5, 5.41) is 0. The minimum Gasteiger partial charge on any atom is -0.0651 e. The van der Waals surface area contributed by atoms with Crippen LogP contribution in [0.4, 0.5) is 0 Å². The van der Waals surface area contributed by atoms with Gasteiger partial charge in [-0.25, -0.2) is 0 Å². The second-order valence-electron chi connectivity index (χ2n) is 7.17.